The maximum absolute atomic E-state index is 4.47. The van der Waals surface area contributed by atoms with Crippen molar-refractivity contribution < 1.29 is 0 Å². The molecule has 1 aromatic carbocycles. The van der Waals surface area contributed by atoms with Crippen LogP contribution in [0.2, 0.25) is 0 Å². The molecule has 2 unspecified atom stereocenters. The number of benzene rings is 1. The molecule has 1 aliphatic carbocycles. The summed E-state index contributed by atoms with van der Waals surface area (Å²) < 4.78 is 0. The summed E-state index contributed by atoms with van der Waals surface area (Å²) in [6, 6.07) is 8.62. The third-order valence-electron chi connectivity index (χ3n) is 2.88. The molecule has 0 spiro atoms. The molecule has 76 valence electrons. The van der Waals surface area contributed by atoms with Gasteiger partial charge in [0.15, 0.2) is 0 Å². The Morgan fingerprint density at radius 2 is 2.00 bits per heavy atom. The van der Waals surface area contributed by atoms with E-state index < -0.39 is 0 Å². The first-order valence-corrected chi connectivity index (χ1v) is 6.13. The molecule has 1 saturated carbocycles. The van der Waals surface area contributed by atoms with Crippen molar-refractivity contribution in [3.05, 3.63) is 40.9 Å². The number of fused-ring (bicyclic) bond motifs is 1. The van der Waals surface area contributed by atoms with Gasteiger partial charge in [-0.3, -0.25) is 4.99 Å². The fourth-order valence-corrected chi connectivity index (χ4v) is 2.65. The van der Waals surface area contributed by atoms with E-state index in [2.05, 4.69) is 48.5 Å². The monoisotopic (exact) mass is 215 g/mol. The lowest BCUT2D eigenvalue weighted by Crippen LogP contribution is -1.89. The minimum atomic E-state index is 0.757. The molecule has 0 N–H and O–H groups in total. The molecule has 3 rings (SSSR count). The Kier molecular flexibility index (Phi) is 2.17. The Hall–Kier alpha value is -1.02. The predicted octanol–water partition coefficient (Wildman–Crippen LogP) is 3.65. The van der Waals surface area contributed by atoms with Crippen LogP contribution < -0.4 is 0 Å². The highest BCUT2D eigenvalue weighted by Gasteiger charge is 2.36. The van der Waals surface area contributed by atoms with E-state index in [0.717, 1.165) is 16.9 Å². The molecule has 0 aromatic heterocycles. The summed E-state index contributed by atoms with van der Waals surface area (Å²) >= 11 is 1.77. The number of rotatable bonds is 2. The molecule has 2 atom stereocenters. The minimum absolute atomic E-state index is 0.757. The maximum atomic E-state index is 4.47. The molecule has 1 aromatic rings. The van der Waals surface area contributed by atoms with E-state index >= 15 is 0 Å². The molecule has 1 heterocycles. The molecule has 0 radical (unpaired) electrons. The lowest BCUT2D eigenvalue weighted by atomic mass is 10.2. The minimum Gasteiger partial charge on any atom is -0.254 e. The van der Waals surface area contributed by atoms with Gasteiger partial charge in [0.05, 0.1) is 5.03 Å². The lowest BCUT2D eigenvalue weighted by molar-refractivity contribution is 1.02. The highest BCUT2D eigenvalue weighted by atomic mass is 32.2. The zero-order valence-electron chi connectivity index (χ0n) is 8.68. The van der Waals surface area contributed by atoms with Crippen LogP contribution >= 0.6 is 11.8 Å². The van der Waals surface area contributed by atoms with Crippen molar-refractivity contribution in [1.82, 2.24) is 0 Å². The Morgan fingerprint density at radius 3 is 2.73 bits per heavy atom. The second kappa shape index (κ2) is 3.53. The molecular weight excluding hydrogens is 202 g/mol. The van der Waals surface area contributed by atoms with Crippen LogP contribution in [0.15, 0.2) is 45.3 Å². The summed E-state index contributed by atoms with van der Waals surface area (Å²) in [5.74, 6) is 1.54. The first-order valence-electron chi connectivity index (χ1n) is 5.32. The number of thioether (sulfide) groups is 1. The molecular formula is C13H13NS. The van der Waals surface area contributed by atoms with E-state index in [-0.39, 0.29) is 0 Å². The van der Waals surface area contributed by atoms with Crippen LogP contribution in [-0.4, -0.2) is 6.21 Å². The third-order valence-corrected chi connectivity index (χ3v) is 3.84. The second-order valence-corrected chi connectivity index (χ2v) is 5.36. The molecule has 2 aliphatic rings. The summed E-state index contributed by atoms with van der Waals surface area (Å²) in [4.78, 5) is 5.75. The van der Waals surface area contributed by atoms with Gasteiger partial charge in [-0.25, -0.2) is 0 Å². The van der Waals surface area contributed by atoms with Gasteiger partial charge in [0.25, 0.3) is 0 Å². The van der Waals surface area contributed by atoms with Crippen LogP contribution in [0.5, 0.6) is 0 Å². The first kappa shape index (κ1) is 9.22. The van der Waals surface area contributed by atoms with Crippen molar-refractivity contribution in [3.8, 4) is 0 Å². The van der Waals surface area contributed by atoms with Gasteiger partial charge in [-0.05, 0) is 37.5 Å². The number of aryl methyl sites for hydroxylation is 1. The highest BCUT2D eigenvalue weighted by Crippen LogP contribution is 2.44. The molecule has 0 saturated heterocycles. The van der Waals surface area contributed by atoms with Crippen LogP contribution in [0, 0.1) is 18.8 Å². The van der Waals surface area contributed by atoms with E-state index in [1.54, 1.807) is 11.8 Å². The van der Waals surface area contributed by atoms with Crippen molar-refractivity contribution >= 4 is 18.0 Å². The number of hydrogen-bond acceptors (Lipinski definition) is 2. The average Bonchev–Trinajstić information content (AvgIpc) is 3.00. The van der Waals surface area contributed by atoms with Crippen LogP contribution in [0.25, 0.3) is 0 Å². The summed E-state index contributed by atoms with van der Waals surface area (Å²) in [6.07, 6.45) is 5.73. The van der Waals surface area contributed by atoms with Crippen LogP contribution in [0.1, 0.15) is 12.0 Å². The number of hydrogen-bond donors (Lipinski definition) is 0. The SMILES string of the molecule is Cc1ccc(SC2=CC3CC3C=N2)cc1. The zero-order valence-corrected chi connectivity index (χ0v) is 9.50. The van der Waals surface area contributed by atoms with Crippen molar-refractivity contribution in [2.24, 2.45) is 16.8 Å². The number of allylic oxidation sites excluding steroid dienone is 1. The van der Waals surface area contributed by atoms with Crippen LogP contribution in [0.4, 0.5) is 0 Å². The van der Waals surface area contributed by atoms with Gasteiger partial charge >= 0.3 is 0 Å². The molecule has 1 aliphatic heterocycles. The Balaban J connectivity index is 1.75. The molecule has 15 heavy (non-hydrogen) atoms. The average molecular weight is 215 g/mol. The predicted molar refractivity (Wildman–Crippen MR) is 65.2 cm³/mol. The fourth-order valence-electron chi connectivity index (χ4n) is 1.78. The summed E-state index contributed by atoms with van der Waals surface area (Å²) in [6.45, 7) is 2.11. The zero-order chi connectivity index (χ0) is 10.3. The van der Waals surface area contributed by atoms with E-state index in [1.165, 1.54) is 16.9 Å². The Bertz CT molecular complexity index is 430. The summed E-state index contributed by atoms with van der Waals surface area (Å²) in [5.41, 5.74) is 1.31. The summed E-state index contributed by atoms with van der Waals surface area (Å²) in [7, 11) is 0. The third kappa shape index (κ3) is 2.00. The van der Waals surface area contributed by atoms with Gasteiger partial charge in [0.1, 0.15) is 0 Å². The van der Waals surface area contributed by atoms with E-state index in [0.29, 0.717) is 0 Å². The van der Waals surface area contributed by atoms with E-state index in [1.807, 2.05) is 0 Å². The molecule has 2 heteroatoms. The molecule has 0 bridgehead atoms. The maximum Gasteiger partial charge on any atom is 0.0966 e. The topological polar surface area (TPSA) is 12.4 Å². The quantitative estimate of drug-likeness (QED) is 0.733. The van der Waals surface area contributed by atoms with Gasteiger partial charge in [-0.15, -0.1) is 0 Å². The fraction of sp³-hybridized carbons (Fsp3) is 0.308. The number of aliphatic imine (C=N–C) groups is 1. The summed E-state index contributed by atoms with van der Waals surface area (Å²) in [5, 5.41) is 1.16. The Labute approximate surface area is 94.3 Å². The van der Waals surface area contributed by atoms with Crippen molar-refractivity contribution in [1.29, 1.82) is 0 Å². The largest absolute Gasteiger partial charge is 0.254 e. The van der Waals surface area contributed by atoms with Gasteiger partial charge in [-0.2, -0.15) is 0 Å². The van der Waals surface area contributed by atoms with Gasteiger partial charge in [0.2, 0.25) is 0 Å². The first-order chi connectivity index (χ1) is 7.31. The van der Waals surface area contributed by atoms with Gasteiger partial charge in [0, 0.05) is 17.0 Å². The number of nitrogens with zero attached hydrogens (tertiary/aromatic N) is 1. The molecule has 1 nitrogen and oxygen atoms in total. The van der Waals surface area contributed by atoms with Crippen molar-refractivity contribution in [2.45, 2.75) is 18.2 Å². The van der Waals surface area contributed by atoms with E-state index in [4.69, 9.17) is 0 Å². The normalized spacial score (nSPS) is 27.1. The lowest BCUT2D eigenvalue weighted by Gasteiger charge is -2.05. The smallest absolute Gasteiger partial charge is 0.0966 e. The molecule has 0 amide bonds. The van der Waals surface area contributed by atoms with Crippen LogP contribution in [0.3, 0.4) is 0 Å². The standard InChI is InChI=1S/C13H13NS/c1-9-2-4-12(5-3-9)15-13-7-10-6-11(10)8-14-13/h2-5,7-8,10-11H,6H2,1H3. The Morgan fingerprint density at radius 1 is 1.20 bits per heavy atom. The van der Waals surface area contributed by atoms with Gasteiger partial charge in [-0.1, -0.05) is 29.5 Å². The van der Waals surface area contributed by atoms with Crippen molar-refractivity contribution in [2.75, 3.05) is 0 Å². The molecule has 1 fully saturated rings. The van der Waals surface area contributed by atoms with E-state index in [9.17, 15) is 0 Å². The van der Waals surface area contributed by atoms with Gasteiger partial charge < -0.3 is 0 Å². The highest BCUT2D eigenvalue weighted by molar-refractivity contribution is 8.03. The van der Waals surface area contributed by atoms with Crippen LogP contribution in [-0.2, 0) is 0 Å². The van der Waals surface area contributed by atoms with Crippen molar-refractivity contribution in [3.63, 3.8) is 0 Å². The second-order valence-electron chi connectivity index (χ2n) is 4.26.